The second-order valence-corrected chi connectivity index (χ2v) is 10.4. The Morgan fingerprint density at radius 3 is 2.33 bits per heavy atom. The number of benzene rings is 3. The molecule has 0 radical (unpaired) electrons. The van der Waals surface area contributed by atoms with Gasteiger partial charge in [0.2, 0.25) is 0 Å². The molecule has 5 amide bonds. The molecular formula is C28H21Cl2N5O5. The summed E-state index contributed by atoms with van der Waals surface area (Å²) in [5.74, 6) is -2.47. The topological polar surface area (TPSA) is 134 Å². The second-order valence-electron chi connectivity index (χ2n) is 9.48. The van der Waals surface area contributed by atoms with Crippen LogP contribution in [-0.4, -0.2) is 64.5 Å². The van der Waals surface area contributed by atoms with Gasteiger partial charge in [-0.3, -0.25) is 4.79 Å². The lowest BCUT2D eigenvalue weighted by molar-refractivity contribution is -0.124. The maximum atomic E-state index is 14.2. The predicted molar refractivity (Wildman–Crippen MR) is 148 cm³/mol. The number of carbonyl (C=O) groups is 4. The number of urea groups is 2. The van der Waals surface area contributed by atoms with Gasteiger partial charge in [-0.2, -0.15) is 5.26 Å². The largest absolute Gasteiger partial charge is 0.478 e. The van der Waals surface area contributed by atoms with Crippen molar-refractivity contribution in [2.45, 2.75) is 11.5 Å². The predicted octanol–water partition coefficient (Wildman–Crippen LogP) is 5.03. The zero-order chi connectivity index (χ0) is 28.8. The summed E-state index contributed by atoms with van der Waals surface area (Å²) < 4.78 is 0. The summed E-state index contributed by atoms with van der Waals surface area (Å²) in [4.78, 5) is 56.6. The molecule has 2 N–H and O–H groups in total. The average molecular weight is 578 g/mol. The lowest BCUT2D eigenvalue weighted by Crippen LogP contribution is -2.54. The van der Waals surface area contributed by atoms with E-state index in [4.69, 9.17) is 23.2 Å². The fourth-order valence-corrected chi connectivity index (χ4v) is 5.85. The van der Waals surface area contributed by atoms with Crippen LogP contribution >= 0.6 is 23.2 Å². The number of carboxylic acids is 1. The van der Waals surface area contributed by atoms with Crippen LogP contribution in [0.4, 0.5) is 21.0 Å². The molecule has 1 spiro atoms. The van der Waals surface area contributed by atoms with E-state index in [2.05, 4.69) is 11.4 Å². The third kappa shape index (κ3) is 4.39. The number of nitriles is 1. The number of likely N-dealkylation sites (N-methyl/N-ethyl adjacent to an activating group) is 1. The highest BCUT2D eigenvalue weighted by molar-refractivity contribution is 6.36. The first kappa shape index (κ1) is 27.0. The maximum absolute atomic E-state index is 14.2. The second kappa shape index (κ2) is 10.2. The first-order chi connectivity index (χ1) is 19.1. The van der Waals surface area contributed by atoms with Crippen molar-refractivity contribution < 1.29 is 24.3 Å². The zero-order valence-corrected chi connectivity index (χ0v) is 22.5. The fourth-order valence-electron chi connectivity index (χ4n) is 5.33. The van der Waals surface area contributed by atoms with Gasteiger partial charge in [-0.05, 0) is 48.0 Å². The number of halogens is 2. The average Bonchev–Trinajstić information content (AvgIpc) is 3.41. The van der Waals surface area contributed by atoms with Gasteiger partial charge in [-0.25, -0.2) is 19.3 Å². The van der Waals surface area contributed by atoms with E-state index in [1.807, 2.05) is 0 Å². The minimum atomic E-state index is -1.51. The van der Waals surface area contributed by atoms with Crippen LogP contribution in [0.3, 0.4) is 0 Å². The molecule has 202 valence electrons. The van der Waals surface area contributed by atoms with Crippen molar-refractivity contribution in [3.63, 3.8) is 0 Å². The Morgan fingerprint density at radius 2 is 1.70 bits per heavy atom. The quantitative estimate of drug-likeness (QED) is 0.417. The number of likely N-dealkylation sites (tertiary alicyclic amines) is 1. The highest BCUT2D eigenvalue weighted by Gasteiger charge is 2.65. The molecule has 40 heavy (non-hydrogen) atoms. The third-order valence-corrected chi connectivity index (χ3v) is 7.73. The van der Waals surface area contributed by atoms with Gasteiger partial charge >= 0.3 is 18.0 Å². The van der Waals surface area contributed by atoms with E-state index < -0.39 is 35.4 Å². The Morgan fingerprint density at radius 1 is 1.05 bits per heavy atom. The highest BCUT2D eigenvalue weighted by atomic mass is 35.5. The van der Waals surface area contributed by atoms with Gasteiger partial charge in [0.05, 0.1) is 35.1 Å². The smallest absolute Gasteiger partial charge is 0.337 e. The Kier molecular flexibility index (Phi) is 6.87. The third-order valence-electron chi connectivity index (χ3n) is 7.30. The normalized spacial score (nSPS) is 20.2. The molecule has 2 saturated heterocycles. The fraction of sp³-hybridized carbons (Fsp3) is 0.179. The molecule has 5 rings (SSSR count). The van der Waals surface area contributed by atoms with Gasteiger partial charge < -0.3 is 20.2 Å². The number of nitrogens with zero attached hydrogens (tertiary/aromatic N) is 4. The van der Waals surface area contributed by atoms with Gasteiger partial charge in [0.15, 0.2) is 0 Å². The number of carboxylic acid groups (broad SMARTS) is 1. The Labute approximate surface area is 238 Å². The summed E-state index contributed by atoms with van der Waals surface area (Å²) >= 11 is 12.3. The number of rotatable bonds is 4. The first-order valence-corrected chi connectivity index (χ1v) is 12.8. The van der Waals surface area contributed by atoms with Crippen LogP contribution in [0.5, 0.6) is 0 Å². The highest BCUT2D eigenvalue weighted by Crippen LogP contribution is 2.46. The molecule has 0 unspecified atom stereocenters. The van der Waals surface area contributed by atoms with E-state index in [0.29, 0.717) is 11.1 Å². The summed E-state index contributed by atoms with van der Waals surface area (Å²) in [6.07, 6.45) is 0. The maximum Gasteiger partial charge on any atom is 0.337 e. The van der Waals surface area contributed by atoms with Gasteiger partial charge in [0.1, 0.15) is 5.54 Å². The number of carbonyl (C=O) groups excluding carboxylic acids is 3. The van der Waals surface area contributed by atoms with Crippen molar-refractivity contribution in [1.82, 2.24) is 9.80 Å². The number of imide groups is 1. The summed E-state index contributed by atoms with van der Waals surface area (Å²) in [7, 11) is 1.49. The van der Waals surface area contributed by atoms with Crippen LogP contribution in [0.25, 0.3) is 0 Å². The molecule has 12 heteroatoms. The molecule has 3 aromatic carbocycles. The Hall–Kier alpha value is -4.59. The number of anilines is 2. The van der Waals surface area contributed by atoms with E-state index in [1.165, 1.54) is 47.2 Å². The molecule has 3 aromatic rings. The van der Waals surface area contributed by atoms with Crippen molar-refractivity contribution in [3.8, 4) is 6.07 Å². The van der Waals surface area contributed by atoms with Gasteiger partial charge in [-0.15, -0.1) is 0 Å². The molecule has 2 aliphatic heterocycles. The number of hydrogen-bond donors (Lipinski definition) is 2. The number of aromatic carboxylic acids is 1. The van der Waals surface area contributed by atoms with Crippen molar-refractivity contribution >= 4 is 58.5 Å². The van der Waals surface area contributed by atoms with Gasteiger partial charge in [0, 0.05) is 29.6 Å². The molecule has 0 saturated carbocycles. The molecule has 0 bridgehead atoms. The van der Waals surface area contributed by atoms with E-state index in [9.17, 15) is 29.5 Å². The van der Waals surface area contributed by atoms with Crippen LogP contribution in [0.15, 0.2) is 66.7 Å². The van der Waals surface area contributed by atoms with E-state index in [-0.39, 0.29) is 40.1 Å². The zero-order valence-electron chi connectivity index (χ0n) is 21.0. The summed E-state index contributed by atoms with van der Waals surface area (Å²) in [5.41, 5.74) is -0.279. The first-order valence-electron chi connectivity index (χ1n) is 12.0. The van der Waals surface area contributed by atoms with E-state index >= 15 is 0 Å². The molecule has 0 aliphatic carbocycles. The van der Waals surface area contributed by atoms with E-state index in [0.717, 1.165) is 4.90 Å². The molecule has 2 atom stereocenters. The standard InChI is InChI=1S/C28H21Cl2N5O5/c1-33-27(40)35(20-11-18(29)10-19(30)12-20)25(38)28(33)15-34(14-22(28)17-8-6-16(13-31)7-9-17)26(39)32-23-5-3-2-4-21(23)24(36)37/h2-12,22H,14-15H2,1H3,(H,32,39)(H,36,37)/t22-,28+/m0/s1. The van der Waals surface area contributed by atoms with E-state index in [1.54, 1.807) is 36.4 Å². The van der Waals surface area contributed by atoms with Crippen LogP contribution in [0.1, 0.15) is 27.4 Å². The molecule has 2 heterocycles. The van der Waals surface area contributed by atoms with Crippen LogP contribution in [0.2, 0.25) is 10.0 Å². The van der Waals surface area contributed by atoms with Crippen molar-refractivity contribution in [2.75, 3.05) is 30.4 Å². The monoisotopic (exact) mass is 577 g/mol. The van der Waals surface area contributed by atoms with Gasteiger partial charge in [-0.1, -0.05) is 47.5 Å². The lowest BCUT2D eigenvalue weighted by Gasteiger charge is -2.33. The van der Waals surface area contributed by atoms with Crippen LogP contribution < -0.4 is 10.2 Å². The van der Waals surface area contributed by atoms with Crippen LogP contribution in [0, 0.1) is 11.3 Å². The van der Waals surface area contributed by atoms with Crippen molar-refractivity contribution in [2.24, 2.45) is 0 Å². The molecule has 0 aromatic heterocycles. The number of amides is 5. The molecular weight excluding hydrogens is 557 g/mol. The van der Waals surface area contributed by atoms with Crippen LogP contribution in [-0.2, 0) is 4.79 Å². The molecule has 2 fully saturated rings. The summed E-state index contributed by atoms with van der Waals surface area (Å²) in [6, 6.07) is 17.7. The lowest BCUT2D eigenvalue weighted by atomic mass is 9.80. The summed E-state index contributed by atoms with van der Waals surface area (Å²) in [6.45, 7) is -0.148. The Bertz CT molecular complexity index is 1590. The number of nitrogens with one attached hydrogen (secondary N) is 1. The van der Waals surface area contributed by atoms with Crippen molar-refractivity contribution in [3.05, 3.63) is 93.5 Å². The van der Waals surface area contributed by atoms with Crippen molar-refractivity contribution in [1.29, 1.82) is 5.26 Å². The minimum absolute atomic E-state index is 0.0282. The minimum Gasteiger partial charge on any atom is -0.478 e. The van der Waals surface area contributed by atoms with Gasteiger partial charge in [0.25, 0.3) is 5.91 Å². The number of para-hydroxylation sites is 1. The Balaban J connectivity index is 1.56. The SMILES string of the molecule is CN1C(=O)N(c2cc(Cl)cc(Cl)c2)C(=O)[C@]12CN(C(=O)Nc1ccccc1C(=O)O)C[C@H]2c1ccc(C#N)cc1. The number of hydrogen-bond acceptors (Lipinski definition) is 5. The molecule has 2 aliphatic rings. The summed E-state index contributed by atoms with van der Waals surface area (Å²) in [5, 5.41) is 21.9. The molecule has 10 nitrogen and oxygen atoms in total.